The zero-order valence-electron chi connectivity index (χ0n) is 10.8. The summed E-state index contributed by atoms with van der Waals surface area (Å²) in [4.78, 5) is 25.3. The van der Waals surface area contributed by atoms with Crippen molar-refractivity contribution in [3.05, 3.63) is 29.8 Å². The number of halogens is 2. The predicted molar refractivity (Wildman–Crippen MR) is 68.2 cm³/mol. The number of urea groups is 1. The van der Waals surface area contributed by atoms with Gasteiger partial charge >= 0.3 is 6.03 Å². The van der Waals surface area contributed by atoms with Crippen LogP contribution in [-0.2, 0) is 4.79 Å². The van der Waals surface area contributed by atoms with Crippen LogP contribution in [0.3, 0.4) is 0 Å². The zero-order valence-corrected chi connectivity index (χ0v) is 10.8. The topological polar surface area (TPSA) is 49.4 Å². The third kappa shape index (κ3) is 1.87. The Labute approximate surface area is 114 Å². The van der Waals surface area contributed by atoms with E-state index in [1.807, 2.05) is 0 Å². The van der Waals surface area contributed by atoms with Gasteiger partial charge in [-0.05, 0) is 25.0 Å². The number of nitrogens with zero attached hydrogens (tertiary/aromatic N) is 1. The third-order valence-electron chi connectivity index (χ3n) is 4.02. The highest BCUT2D eigenvalue weighted by molar-refractivity contribution is 6.23. The number of hydrogen-bond donors (Lipinski definition) is 1. The second kappa shape index (κ2) is 4.54. The molecule has 1 spiro atoms. The molecule has 0 radical (unpaired) electrons. The van der Waals surface area contributed by atoms with Crippen molar-refractivity contribution in [1.82, 2.24) is 5.32 Å². The maximum atomic E-state index is 13.8. The number of anilines is 1. The fourth-order valence-corrected chi connectivity index (χ4v) is 3.00. The van der Waals surface area contributed by atoms with Gasteiger partial charge in [0.05, 0.1) is 5.69 Å². The molecule has 20 heavy (non-hydrogen) atoms. The Kier molecular flexibility index (Phi) is 2.96. The van der Waals surface area contributed by atoms with E-state index in [9.17, 15) is 18.4 Å². The second-order valence-corrected chi connectivity index (χ2v) is 5.31. The summed E-state index contributed by atoms with van der Waals surface area (Å²) >= 11 is 0. The lowest BCUT2D eigenvalue weighted by Gasteiger charge is -2.30. The minimum absolute atomic E-state index is 0.198. The van der Waals surface area contributed by atoms with Crippen molar-refractivity contribution in [2.24, 2.45) is 0 Å². The highest BCUT2D eigenvalue weighted by Gasteiger charge is 2.52. The first kappa shape index (κ1) is 13.0. The molecule has 1 aromatic rings. The zero-order chi connectivity index (χ0) is 14.3. The highest BCUT2D eigenvalue weighted by atomic mass is 19.1. The van der Waals surface area contributed by atoms with Crippen molar-refractivity contribution in [1.29, 1.82) is 0 Å². The Bertz CT molecular complexity index is 583. The molecule has 1 saturated heterocycles. The van der Waals surface area contributed by atoms with Gasteiger partial charge in [0, 0.05) is 6.07 Å². The minimum Gasteiger partial charge on any atom is -0.323 e. The van der Waals surface area contributed by atoms with Crippen LogP contribution >= 0.6 is 0 Å². The number of rotatable bonds is 1. The van der Waals surface area contributed by atoms with Crippen LogP contribution in [0, 0.1) is 11.6 Å². The average molecular weight is 280 g/mol. The van der Waals surface area contributed by atoms with E-state index in [4.69, 9.17) is 0 Å². The van der Waals surface area contributed by atoms with E-state index >= 15 is 0 Å². The van der Waals surface area contributed by atoms with Crippen molar-refractivity contribution >= 4 is 17.6 Å². The first-order valence-electron chi connectivity index (χ1n) is 6.65. The second-order valence-electron chi connectivity index (χ2n) is 5.31. The Balaban J connectivity index is 1.98. The summed E-state index contributed by atoms with van der Waals surface area (Å²) in [5.74, 6) is -2.10. The molecule has 6 heteroatoms. The molecule has 0 atom stereocenters. The lowest BCUT2D eigenvalue weighted by molar-refractivity contribution is -0.123. The number of imide groups is 1. The van der Waals surface area contributed by atoms with Crippen LogP contribution < -0.4 is 10.2 Å². The molecule has 3 amide bonds. The van der Waals surface area contributed by atoms with Crippen molar-refractivity contribution in [3.63, 3.8) is 0 Å². The first-order valence-corrected chi connectivity index (χ1v) is 6.65. The molecular weight excluding hydrogens is 266 g/mol. The molecule has 1 saturated carbocycles. The Hall–Kier alpha value is -1.98. The lowest BCUT2D eigenvalue weighted by atomic mass is 9.81. The van der Waals surface area contributed by atoms with Gasteiger partial charge in [-0.1, -0.05) is 19.3 Å². The van der Waals surface area contributed by atoms with Gasteiger partial charge in [-0.15, -0.1) is 0 Å². The molecule has 0 bridgehead atoms. The number of hydrogen-bond acceptors (Lipinski definition) is 2. The summed E-state index contributed by atoms with van der Waals surface area (Å²) in [5.41, 5.74) is -1.10. The summed E-state index contributed by atoms with van der Waals surface area (Å²) in [7, 11) is 0. The normalized spacial score (nSPS) is 21.4. The first-order chi connectivity index (χ1) is 9.53. The van der Waals surface area contributed by atoms with Gasteiger partial charge in [-0.25, -0.2) is 18.5 Å². The van der Waals surface area contributed by atoms with Crippen LogP contribution in [0.15, 0.2) is 18.2 Å². The monoisotopic (exact) mass is 280 g/mol. The standard InChI is InChI=1S/C14H14F2N2O2/c15-9-4-5-11(10(16)8-9)18-12(19)14(17-13(18)20)6-2-1-3-7-14/h4-5,8H,1-3,6-7H2,(H,17,20). The molecule has 0 unspecified atom stereocenters. The van der Waals surface area contributed by atoms with E-state index in [0.717, 1.165) is 36.3 Å². The maximum absolute atomic E-state index is 13.8. The van der Waals surface area contributed by atoms with Gasteiger partial charge in [0.2, 0.25) is 0 Å². The fraction of sp³-hybridized carbons (Fsp3) is 0.429. The van der Waals surface area contributed by atoms with Gasteiger partial charge < -0.3 is 5.32 Å². The summed E-state index contributed by atoms with van der Waals surface area (Å²) in [6, 6.07) is 2.18. The summed E-state index contributed by atoms with van der Waals surface area (Å²) in [6.07, 6.45) is 3.86. The molecular formula is C14H14F2N2O2. The Morgan fingerprint density at radius 3 is 2.45 bits per heavy atom. The Morgan fingerprint density at radius 1 is 1.10 bits per heavy atom. The molecule has 4 nitrogen and oxygen atoms in total. The molecule has 0 aromatic heterocycles. The van der Waals surface area contributed by atoms with E-state index < -0.39 is 29.1 Å². The van der Waals surface area contributed by atoms with Crippen LogP contribution in [0.4, 0.5) is 19.3 Å². The molecule has 2 fully saturated rings. The van der Waals surface area contributed by atoms with E-state index in [1.165, 1.54) is 0 Å². The van der Waals surface area contributed by atoms with Crippen LogP contribution in [0.1, 0.15) is 32.1 Å². The maximum Gasteiger partial charge on any atom is 0.329 e. The summed E-state index contributed by atoms with van der Waals surface area (Å²) < 4.78 is 26.7. The fourth-order valence-electron chi connectivity index (χ4n) is 3.00. The minimum atomic E-state index is -0.915. The van der Waals surface area contributed by atoms with Gasteiger partial charge in [0.25, 0.3) is 5.91 Å². The number of carbonyl (C=O) groups excluding carboxylic acids is 2. The predicted octanol–water partition coefficient (Wildman–Crippen LogP) is 2.72. The van der Waals surface area contributed by atoms with Gasteiger partial charge in [0.15, 0.2) is 0 Å². The molecule has 1 aliphatic carbocycles. The smallest absolute Gasteiger partial charge is 0.323 e. The molecule has 2 aliphatic rings. The number of benzene rings is 1. The summed E-state index contributed by atoms with van der Waals surface area (Å²) in [5, 5.41) is 2.69. The van der Waals surface area contributed by atoms with Crippen molar-refractivity contribution in [3.8, 4) is 0 Å². The van der Waals surface area contributed by atoms with Crippen molar-refractivity contribution in [2.75, 3.05) is 4.90 Å². The third-order valence-corrected chi connectivity index (χ3v) is 4.02. The van der Waals surface area contributed by atoms with E-state index in [2.05, 4.69) is 5.32 Å². The quantitative estimate of drug-likeness (QED) is 0.804. The number of nitrogens with one attached hydrogen (secondary N) is 1. The molecule has 3 rings (SSSR count). The van der Waals surface area contributed by atoms with Crippen LogP contribution in [0.25, 0.3) is 0 Å². The molecule has 1 heterocycles. The van der Waals surface area contributed by atoms with E-state index in [0.29, 0.717) is 18.9 Å². The van der Waals surface area contributed by atoms with E-state index in [1.54, 1.807) is 0 Å². The van der Waals surface area contributed by atoms with Crippen molar-refractivity contribution in [2.45, 2.75) is 37.6 Å². The Morgan fingerprint density at radius 2 is 1.80 bits per heavy atom. The van der Waals surface area contributed by atoms with E-state index in [-0.39, 0.29) is 5.69 Å². The van der Waals surface area contributed by atoms with Crippen molar-refractivity contribution < 1.29 is 18.4 Å². The van der Waals surface area contributed by atoms with Gasteiger partial charge in [-0.2, -0.15) is 0 Å². The number of carbonyl (C=O) groups is 2. The SMILES string of the molecule is O=C1NC2(CCCCC2)C(=O)N1c1ccc(F)cc1F. The molecule has 106 valence electrons. The van der Waals surface area contributed by atoms with Gasteiger partial charge in [0.1, 0.15) is 17.2 Å². The van der Waals surface area contributed by atoms with Crippen LogP contribution in [0.5, 0.6) is 0 Å². The molecule has 1 aromatic carbocycles. The van der Waals surface area contributed by atoms with Gasteiger partial charge in [-0.3, -0.25) is 4.79 Å². The highest BCUT2D eigenvalue weighted by Crippen LogP contribution is 2.36. The molecule has 1 N–H and O–H groups in total. The van der Waals surface area contributed by atoms with Crippen LogP contribution in [-0.4, -0.2) is 17.5 Å². The summed E-state index contributed by atoms with van der Waals surface area (Å²) in [6.45, 7) is 0. The largest absolute Gasteiger partial charge is 0.329 e. The average Bonchev–Trinajstić information content (AvgIpc) is 2.63. The van der Waals surface area contributed by atoms with Crippen LogP contribution in [0.2, 0.25) is 0 Å². The number of amides is 3. The molecule has 1 aliphatic heterocycles. The lowest BCUT2D eigenvalue weighted by Crippen LogP contribution is -2.48.